The largest absolute Gasteiger partial charge is 0.457 e. The highest BCUT2D eigenvalue weighted by Crippen LogP contribution is 2.22. The molecule has 1 aromatic heterocycles. The first-order valence-corrected chi connectivity index (χ1v) is 11.2. The molecule has 0 bridgehead atoms. The average Bonchev–Trinajstić information content (AvgIpc) is 3.21. The second kappa shape index (κ2) is 8.77. The molecule has 0 saturated carbocycles. The number of aryl methyl sites for hydroxylation is 2. The molecule has 2 aromatic rings. The lowest BCUT2D eigenvalue weighted by Gasteiger charge is -2.16. The number of ether oxygens (including phenoxy) is 1. The Morgan fingerprint density at radius 1 is 1.11 bits per heavy atom. The number of thiophene rings is 1. The number of fused-ring (bicyclic) bond motifs is 1. The maximum atomic E-state index is 12.2. The van der Waals surface area contributed by atoms with Gasteiger partial charge in [0.15, 0.2) is 12.4 Å². The van der Waals surface area contributed by atoms with Crippen LogP contribution in [0.15, 0.2) is 39.9 Å². The van der Waals surface area contributed by atoms with E-state index in [2.05, 4.69) is 4.72 Å². The van der Waals surface area contributed by atoms with Crippen molar-refractivity contribution in [3.05, 3.63) is 52.4 Å². The number of carbonyl (C=O) groups is 2. The molecule has 0 aliphatic heterocycles. The Hall–Kier alpha value is -2.03. The highest BCUT2D eigenvalue weighted by atomic mass is 32.2. The number of sulfonamides is 1. The number of esters is 1. The molecule has 3 rings (SSSR count). The maximum Gasteiger partial charge on any atom is 0.307 e. The van der Waals surface area contributed by atoms with Crippen LogP contribution in [0.3, 0.4) is 0 Å². The normalized spacial score (nSPS) is 13.8. The van der Waals surface area contributed by atoms with Crippen molar-refractivity contribution in [3.8, 4) is 0 Å². The van der Waals surface area contributed by atoms with E-state index < -0.39 is 16.0 Å². The van der Waals surface area contributed by atoms with Crippen LogP contribution < -0.4 is 4.72 Å². The Kier molecular flexibility index (Phi) is 6.41. The van der Waals surface area contributed by atoms with Crippen molar-refractivity contribution in [2.45, 2.75) is 36.3 Å². The molecular weight excluding hydrogens is 386 g/mol. The van der Waals surface area contributed by atoms with Crippen LogP contribution in [0.1, 0.15) is 40.7 Å². The van der Waals surface area contributed by atoms with Gasteiger partial charge in [-0.3, -0.25) is 9.59 Å². The molecule has 27 heavy (non-hydrogen) atoms. The second-order valence-electron chi connectivity index (χ2n) is 6.35. The first kappa shape index (κ1) is 19.7. The molecular formula is C19H21NO5S2. The van der Waals surface area contributed by atoms with Crippen LogP contribution in [0.25, 0.3) is 0 Å². The maximum absolute atomic E-state index is 12.2. The topological polar surface area (TPSA) is 89.5 Å². The van der Waals surface area contributed by atoms with E-state index in [0.717, 1.165) is 30.6 Å². The fourth-order valence-electron chi connectivity index (χ4n) is 2.98. The Bertz CT molecular complexity index is 920. The van der Waals surface area contributed by atoms with Crippen LogP contribution >= 0.6 is 11.3 Å². The second-order valence-corrected chi connectivity index (χ2v) is 9.30. The van der Waals surface area contributed by atoms with Crippen LogP contribution in [0.4, 0.5) is 0 Å². The van der Waals surface area contributed by atoms with Gasteiger partial charge in [0.1, 0.15) is 4.21 Å². The van der Waals surface area contributed by atoms with Crippen LogP contribution in [-0.4, -0.2) is 33.3 Å². The SMILES string of the molecule is O=C(CCNS(=O)(=O)c1cccs1)OCC(=O)c1ccc2c(c1)CCCC2. The summed E-state index contributed by atoms with van der Waals surface area (Å²) in [4.78, 5) is 24.0. The van der Waals surface area contributed by atoms with Gasteiger partial charge in [0.25, 0.3) is 0 Å². The van der Waals surface area contributed by atoms with Crippen molar-refractivity contribution in [2.75, 3.05) is 13.2 Å². The van der Waals surface area contributed by atoms with E-state index >= 15 is 0 Å². The molecule has 1 aliphatic rings. The van der Waals surface area contributed by atoms with Gasteiger partial charge in [0.05, 0.1) is 6.42 Å². The minimum atomic E-state index is -3.60. The standard InChI is InChI=1S/C19H21NO5S2/c21-17(16-8-7-14-4-1-2-5-15(14)12-16)13-25-18(22)9-10-20-27(23,24)19-6-3-11-26-19/h3,6-8,11-12,20H,1-2,4-5,9-10,13H2. The van der Waals surface area contributed by atoms with E-state index in [1.54, 1.807) is 17.5 Å². The molecule has 8 heteroatoms. The van der Waals surface area contributed by atoms with E-state index in [1.165, 1.54) is 23.6 Å². The van der Waals surface area contributed by atoms with Crippen LogP contribution in [0, 0.1) is 0 Å². The third-order valence-corrected chi connectivity index (χ3v) is 7.27. The van der Waals surface area contributed by atoms with Crippen LogP contribution in [0.5, 0.6) is 0 Å². The van der Waals surface area contributed by atoms with E-state index in [0.29, 0.717) is 5.56 Å². The van der Waals surface area contributed by atoms with E-state index in [-0.39, 0.29) is 29.6 Å². The third-order valence-electron chi connectivity index (χ3n) is 4.42. The van der Waals surface area contributed by atoms with Gasteiger partial charge < -0.3 is 4.74 Å². The molecule has 0 fully saturated rings. The average molecular weight is 408 g/mol. The zero-order valence-electron chi connectivity index (χ0n) is 14.8. The molecule has 1 N–H and O–H groups in total. The van der Waals surface area contributed by atoms with Gasteiger partial charge in [-0.05, 0) is 54.3 Å². The molecule has 0 spiro atoms. The lowest BCUT2D eigenvalue weighted by molar-refractivity contribution is -0.142. The quantitative estimate of drug-likeness (QED) is 0.537. The number of ketones is 1. The van der Waals surface area contributed by atoms with Crippen LogP contribution in [0.2, 0.25) is 0 Å². The molecule has 0 amide bonds. The predicted octanol–water partition coefficient (Wildman–Crippen LogP) is 2.72. The number of nitrogens with one attached hydrogen (secondary N) is 1. The summed E-state index contributed by atoms with van der Waals surface area (Å²) in [5, 5.41) is 1.66. The molecule has 1 heterocycles. The number of Topliss-reactive ketones (excluding diaryl/α,β-unsaturated/α-hetero) is 1. The van der Waals surface area contributed by atoms with Crippen molar-refractivity contribution in [1.82, 2.24) is 4.72 Å². The number of hydrogen-bond acceptors (Lipinski definition) is 6. The predicted molar refractivity (Wildman–Crippen MR) is 102 cm³/mol. The number of rotatable bonds is 8. The van der Waals surface area contributed by atoms with Gasteiger partial charge in [-0.2, -0.15) is 0 Å². The van der Waals surface area contributed by atoms with Crippen molar-refractivity contribution in [2.24, 2.45) is 0 Å². The van der Waals surface area contributed by atoms with E-state index in [1.807, 2.05) is 12.1 Å². The van der Waals surface area contributed by atoms with E-state index in [4.69, 9.17) is 4.74 Å². The Labute approximate surface area is 162 Å². The Morgan fingerprint density at radius 2 is 1.89 bits per heavy atom. The van der Waals surface area contributed by atoms with Gasteiger partial charge >= 0.3 is 5.97 Å². The van der Waals surface area contributed by atoms with Gasteiger partial charge in [0, 0.05) is 12.1 Å². The summed E-state index contributed by atoms with van der Waals surface area (Å²) in [6, 6.07) is 8.76. The fraction of sp³-hybridized carbons (Fsp3) is 0.368. The summed E-state index contributed by atoms with van der Waals surface area (Å²) in [7, 11) is -3.60. The van der Waals surface area contributed by atoms with Crippen molar-refractivity contribution >= 4 is 33.1 Å². The van der Waals surface area contributed by atoms with Gasteiger partial charge in [-0.25, -0.2) is 13.1 Å². The summed E-state index contributed by atoms with van der Waals surface area (Å²) in [5.41, 5.74) is 3.02. The summed E-state index contributed by atoms with van der Waals surface area (Å²) < 4.78 is 31.4. The van der Waals surface area contributed by atoms with Gasteiger partial charge in [0.2, 0.25) is 10.0 Å². The molecule has 0 radical (unpaired) electrons. The molecule has 0 unspecified atom stereocenters. The Morgan fingerprint density at radius 3 is 2.63 bits per heavy atom. The van der Waals surface area contributed by atoms with Gasteiger partial charge in [-0.1, -0.05) is 18.2 Å². The lowest BCUT2D eigenvalue weighted by atomic mass is 9.90. The van der Waals surface area contributed by atoms with Crippen LogP contribution in [-0.2, 0) is 32.4 Å². The first-order chi connectivity index (χ1) is 13.0. The monoisotopic (exact) mass is 407 g/mol. The summed E-state index contributed by atoms with van der Waals surface area (Å²) in [6.45, 7) is -0.415. The van der Waals surface area contributed by atoms with Crippen molar-refractivity contribution in [3.63, 3.8) is 0 Å². The number of benzene rings is 1. The molecule has 0 saturated heterocycles. The molecule has 6 nitrogen and oxygen atoms in total. The summed E-state index contributed by atoms with van der Waals surface area (Å²) in [6.07, 6.45) is 4.18. The zero-order chi connectivity index (χ0) is 19.3. The third kappa shape index (κ3) is 5.24. The minimum Gasteiger partial charge on any atom is -0.457 e. The summed E-state index contributed by atoms with van der Waals surface area (Å²) >= 11 is 1.10. The van der Waals surface area contributed by atoms with Gasteiger partial charge in [-0.15, -0.1) is 11.3 Å². The lowest BCUT2D eigenvalue weighted by Crippen LogP contribution is -2.26. The molecule has 1 aliphatic carbocycles. The highest BCUT2D eigenvalue weighted by Gasteiger charge is 2.17. The highest BCUT2D eigenvalue weighted by molar-refractivity contribution is 7.91. The zero-order valence-corrected chi connectivity index (χ0v) is 16.4. The minimum absolute atomic E-state index is 0.0773. The summed E-state index contributed by atoms with van der Waals surface area (Å²) in [5.74, 6) is -0.869. The molecule has 1 aromatic carbocycles. The first-order valence-electron chi connectivity index (χ1n) is 8.79. The van der Waals surface area contributed by atoms with Crippen molar-refractivity contribution < 1.29 is 22.7 Å². The molecule has 144 valence electrons. The Balaban J connectivity index is 1.44. The number of carbonyl (C=O) groups excluding carboxylic acids is 2. The van der Waals surface area contributed by atoms with Crippen molar-refractivity contribution in [1.29, 1.82) is 0 Å². The van der Waals surface area contributed by atoms with E-state index in [9.17, 15) is 18.0 Å². The smallest absolute Gasteiger partial charge is 0.307 e. The fourth-order valence-corrected chi connectivity index (χ4v) is 5.05. The number of hydrogen-bond donors (Lipinski definition) is 1. The molecule has 0 atom stereocenters.